The van der Waals surface area contributed by atoms with Crippen LogP contribution >= 0.6 is 0 Å². The van der Waals surface area contributed by atoms with Gasteiger partial charge in [-0.05, 0) is 66.7 Å². The molecule has 1 unspecified atom stereocenters. The molecule has 3 saturated heterocycles. The minimum absolute atomic E-state index is 0.0274. The molecule has 2 aromatic carbocycles. The van der Waals surface area contributed by atoms with Gasteiger partial charge in [0.15, 0.2) is 0 Å². The molecule has 6 heterocycles. The van der Waals surface area contributed by atoms with E-state index in [1.807, 2.05) is 29.3 Å². The lowest BCUT2D eigenvalue weighted by molar-refractivity contribution is -0.142. The number of rotatable bonds is 8. The fourth-order valence-electron chi connectivity index (χ4n) is 8.46. The number of fused-ring (bicyclic) bond motifs is 2. The zero-order chi connectivity index (χ0) is 39.3. The smallest absolute Gasteiger partial charge is 0.262 e. The first kappa shape index (κ1) is 36.6. The number of ether oxygens (including phenoxy) is 2. The van der Waals surface area contributed by atoms with Crippen LogP contribution in [0.5, 0.6) is 11.5 Å². The highest BCUT2D eigenvalue weighted by atomic mass is 16.5. The Bertz CT molecular complexity index is 2450. The molecule has 1 N–H and O–H groups in total. The van der Waals surface area contributed by atoms with Crippen LogP contribution < -0.4 is 20.3 Å². The summed E-state index contributed by atoms with van der Waals surface area (Å²) in [6.07, 6.45) is 6.80. The Morgan fingerprint density at radius 3 is 2.43 bits per heavy atom. The van der Waals surface area contributed by atoms with Gasteiger partial charge >= 0.3 is 0 Å². The van der Waals surface area contributed by atoms with Crippen LogP contribution in [0, 0.1) is 17.3 Å². The average Bonchev–Trinajstić information content (AvgIpc) is 3.72. The van der Waals surface area contributed by atoms with Crippen molar-refractivity contribution in [2.45, 2.75) is 44.7 Å². The molecule has 0 saturated carbocycles. The molecule has 1 spiro atoms. The molecule has 5 amide bonds. The average molecular weight is 757 g/mol. The summed E-state index contributed by atoms with van der Waals surface area (Å²) in [5.74, 6) is 5.21. The maximum Gasteiger partial charge on any atom is 0.262 e. The van der Waals surface area contributed by atoms with Crippen molar-refractivity contribution in [1.29, 1.82) is 0 Å². The summed E-state index contributed by atoms with van der Waals surface area (Å²) in [6, 6.07) is 9.49. The Morgan fingerprint density at radius 2 is 1.70 bits per heavy atom. The van der Waals surface area contributed by atoms with E-state index in [0.717, 1.165) is 46.5 Å². The topological polar surface area (TPSA) is 160 Å². The van der Waals surface area contributed by atoms with Crippen LogP contribution in [-0.2, 0) is 28.0 Å². The number of carbonyl (C=O) groups excluding carboxylic acids is 5. The van der Waals surface area contributed by atoms with E-state index in [9.17, 15) is 28.8 Å². The van der Waals surface area contributed by atoms with Crippen LogP contribution in [0.3, 0.4) is 0 Å². The van der Waals surface area contributed by atoms with Crippen molar-refractivity contribution < 1.29 is 33.4 Å². The number of methoxy groups -OCH3 is 2. The highest BCUT2D eigenvalue weighted by molar-refractivity contribution is 6.23. The Balaban J connectivity index is 0.865. The third-order valence-corrected chi connectivity index (χ3v) is 11.3. The third kappa shape index (κ3) is 6.47. The standard InChI is InChI=1S/C42H40N6O8/c1-45-20-31(27-12-14-43-19-30(27)39(45)52)26-17-34(55-2)32(35(18-26)56-3)21-46-15-13-42(22-46)23-47(24-42)37(50)7-5-4-6-25-8-9-28-29(16-25)41(54)48(40(28)53)33-10-11-36(49)44-38(33)51/h8-9,12,14,16-20,33H,5,7,10-11,13,15,21-24H2,1-3H3,(H,44,49,51). The van der Waals surface area contributed by atoms with Crippen molar-refractivity contribution in [3.63, 3.8) is 0 Å². The number of hydrogen-bond acceptors (Lipinski definition) is 10. The number of pyridine rings is 2. The lowest BCUT2D eigenvalue weighted by Crippen LogP contribution is -2.59. The third-order valence-electron chi connectivity index (χ3n) is 11.3. The molecule has 56 heavy (non-hydrogen) atoms. The van der Waals surface area contributed by atoms with Crippen LogP contribution in [0.1, 0.15) is 63.9 Å². The molecule has 0 aliphatic carbocycles. The van der Waals surface area contributed by atoms with Gasteiger partial charge in [0.2, 0.25) is 17.7 Å². The second-order valence-electron chi connectivity index (χ2n) is 15.0. The largest absolute Gasteiger partial charge is 0.496 e. The monoisotopic (exact) mass is 756 g/mol. The second kappa shape index (κ2) is 14.4. The molecule has 2 aromatic heterocycles. The number of aryl methyl sites for hydroxylation is 1. The zero-order valence-electron chi connectivity index (χ0n) is 31.3. The maximum atomic E-state index is 13.1. The minimum Gasteiger partial charge on any atom is -0.496 e. The number of nitrogens with zero attached hydrogens (tertiary/aromatic N) is 5. The van der Waals surface area contributed by atoms with Crippen LogP contribution in [-0.4, -0.2) is 100 Å². The number of piperidine rings is 1. The van der Waals surface area contributed by atoms with Gasteiger partial charge in [-0.25, -0.2) is 0 Å². The fourth-order valence-corrected chi connectivity index (χ4v) is 8.46. The summed E-state index contributed by atoms with van der Waals surface area (Å²) >= 11 is 0. The number of aromatic nitrogens is 2. The summed E-state index contributed by atoms with van der Waals surface area (Å²) in [5.41, 5.74) is 3.47. The molecule has 14 heteroatoms. The number of amides is 5. The van der Waals surface area contributed by atoms with Gasteiger partial charge in [-0.15, -0.1) is 0 Å². The molecule has 4 aromatic rings. The predicted molar refractivity (Wildman–Crippen MR) is 204 cm³/mol. The van der Waals surface area contributed by atoms with Crippen molar-refractivity contribution >= 4 is 40.3 Å². The summed E-state index contributed by atoms with van der Waals surface area (Å²) in [6.45, 7) is 3.70. The predicted octanol–water partition coefficient (Wildman–Crippen LogP) is 2.89. The number of hydrogen-bond donors (Lipinski definition) is 1. The van der Waals surface area contributed by atoms with Crippen LogP contribution in [0.4, 0.5) is 0 Å². The first-order chi connectivity index (χ1) is 27.0. The van der Waals surface area contributed by atoms with Crippen molar-refractivity contribution in [3.05, 3.63) is 87.6 Å². The molecule has 0 radical (unpaired) electrons. The van der Waals surface area contributed by atoms with Gasteiger partial charge < -0.3 is 18.9 Å². The van der Waals surface area contributed by atoms with E-state index >= 15 is 0 Å². The SMILES string of the molecule is COc1cc(-c2cn(C)c(=O)c3cnccc23)cc(OC)c1CN1CCC2(C1)CN(C(=O)CCC#Cc1ccc3c(c1)C(=O)N(C1CCC(=O)NC1=O)C3=O)C2. The molecule has 286 valence electrons. The first-order valence-electron chi connectivity index (χ1n) is 18.5. The highest BCUT2D eigenvalue weighted by Gasteiger charge is 2.49. The van der Waals surface area contributed by atoms with Gasteiger partial charge in [-0.2, -0.15) is 0 Å². The molecule has 14 nitrogen and oxygen atoms in total. The molecular weight excluding hydrogens is 716 g/mol. The van der Waals surface area contributed by atoms with Gasteiger partial charge in [0, 0.05) is 87.6 Å². The van der Waals surface area contributed by atoms with Gasteiger partial charge in [0.1, 0.15) is 17.5 Å². The zero-order valence-corrected chi connectivity index (χ0v) is 31.3. The molecule has 0 bridgehead atoms. The Hall–Kier alpha value is -6.33. The number of nitrogens with one attached hydrogen (secondary N) is 1. The second-order valence-corrected chi connectivity index (χ2v) is 15.0. The van der Waals surface area contributed by atoms with Crippen LogP contribution in [0.2, 0.25) is 0 Å². The van der Waals surface area contributed by atoms with Crippen molar-refractivity contribution in [2.24, 2.45) is 12.5 Å². The summed E-state index contributed by atoms with van der Waals surface area (Å²) in [5, 5.41) is 3.53. The van der Waals surface area contributed by atoms with E-state index in [0.29, 0.717) is 48.5 Å². The van der Waals surface area contributed by atoms with E-state index in [1.165, 1.54) is 12.1 Å². The molecule has 1 atom stereocenters. The number of likely N-dealkylation sites (tertiary alicyclic amines) is 2. The van der Waals surface area contributed by atoms with Crippen molar-refractivity contribution in [3.8, 4) is 34.5 Å². The van der Waals surface area contributed by atoms with E-state index in [2.05, 4.69) is 27.0 Å². The minimum atomic E-state index is -1.03. The molecule has 4 aliphatic rings. The first-order valence-corrected chi connectivity index (χ1v) is 18.5. The highest BCUT2D eigenvalue weighted by Crippen LogP contribution is 2.43. The van der Waals surface area contributed by atoms with Gasteiger partial charge in [-0.3, -0.25) is 48.9 Å². The van der Waals surface area contributed by atoms with Crippen LogP contribution in [0.25, 0.3) is 21.9 Å². The maximum absolute atomic E-state index is 13.1. The summed E-state index contributed by atoms with van der Waals surface area (Å²) in [7, 11) is 5.01. The van der Waals surface area contributed by atoms with Gasteiger partial charge in [0.05, 0.1) is 36.3 Å². The number of benzene rings is 2. The summed E-state index contributed by atoms with van der Waals surface area (Å²) < 4.78 is 13.4. The molecule has 4 aliphatic heterocycles. The van der Waals surface area contributed by atoms with Gasteiger partial charge in [-0.1, -0.05) is 11.8 Å². The summed E-state index contributed by atoms with van der Waals surface area (Å²) in [4.78, 5) is 85.2. The Labute approximate surface area is 322 Å². The van der Waals surface area contributed by atoms with E-state index < -0.39 is 29.7 Å². The number of imide groups is 2. The molecule has 3 fully saturated rings. The lowest BCUT2D eigenvalue weighted by atomic mass is 9.79. The van der Waals surface area contributed by atoms with E-state index in [1.54, 1.807) is 44.3 Å². The molecule has 8 rings (SSSR count). The Morgan fingerprint density at radius 1 is 0.946 bits per heavy atom. The normalized spacial score (nSPS) is 18.8. The quantitative estimate of drug-likeness (QED) is 0.209. The van der Waals surface area contributed by atoms with Gasteiger partial charge in [0.25, 0.3) is 17.4 Å². The fraction of sp³-hybridized carbons (Fsp3) is 0.357. The van der Waals surface area contributed by atoms with E-state index in [4.69, 9.17) is 9.47 Å². The van der Waals surface area contributed by atoms with Crippen molar-refractivity contribution in [1.82, 2.24) is 29.6 Å². The molecular formula is C42H40N6O8. The number of carbonyl (C=O) groups is 5. The van der Waals surface area contributed by atoms with Crippen molar-refractivity contribution in [2.75, 3.05) is 40.4 Å². The van der Waals surface area contributed by atoms with Crippen LogP contribution in [0.15, 0.2) is 59.8 Å². The lowest BCUT2D eigenvalue weighted by Gasteiger charge is -2.48. The Kier molecular flexibility index (Phi) is 9.41. The van der Waals surface area contributed by atoms with E-state index in [-0.39, 0.29) is 47.3 Å².